The molecule has 1 N–H and O–H groups in total. The van der Waals surface area contributed by atoms with Crippen molar-refractivity contribution in [2.45, 2.75) is 30.6 Å². The van der Waals surface area contributed by atoms with Crippen molar-refractivity contribution in [3.05, 3.63) is 48.5 Å². The molecule has 1 saturated carbocycles. The maximum absolute atomic E-state index is 12.9. The van der Waals surface area contributed by atoms with Crippen LogP contribution in [-0.2, 0) is 10.0 Å². The van der Waals surface area contributed by atoms with Crippen LogP contribution in [0.25, 0.3) is 11.0 Å². The second-order valence-corrected chi connectivity index (χ2v) is 8.79. The van der Waals surface area contributed by atoms with Crippen molar-refractivity contribution in [1.29, 1.82) is 0 Å². The molecule has 1 aromatic heterocycles. The van der Waals surface area contributed by atoms with Crippen LogP contribution in [-0.4, -0.2) is 32.1 Å². The average molecular weight is 413 g/mol. The summed E-state index contributed by atoms with van der Waals surface area (Å²) in [5.41, 5.74) is 1.24. The SMILES string of the molecule is COc1ccc(S(=O)(=O)Nc2nc3ccccc3nc2OCC2CCCC2)cc1. The van der Waals surface area contributed by atoms with Gasteiger partial charge in [-0.05, 0) is 55.2 Å². The van der Waals surface area contributed by atoms with E-state index in [9.17, 15) is 8.42 Å². The van der Waals surface area contributed by atoms with Gasteiger partial charge in [-0.15, -0.1) is 0 Å². The predicted molar refractivity (Wildman–Crippen MR) is 111 cm³/mol. The van der Waals surface area contributed by atoms with Gasteiger partial charge in [0, 0.05) is 0 Å². The predicted octanol–water partition coefficient (Wildman–Crippen LogP) is 4.01. The maximum Gasteiger partial charge on any atom is 0.263 e. The van der Waals surface area contributed by atoms with Crippen molar-refractivity contribution in [2.75, 3.05) is 18.4 Å². The Kier molecular flexibility index (Phi) is 5.53. The lowest BCUT2D eigenvalue weighted by atomic mass is 10.1. The van der Waals surface area contributed by atoms with Crippen LogP contribution in [0.5, 0.6) is 11.6 Å². The molecule has 0 atom stereocenters. The van der Waals surface area contributed by atoms with Gasteiger partial charge in [-0.3, -0.25) is 4.72 Å². The van der Waals surface area contributed by atoms with Crippen LogP contribution in [0.4, 0.5) is 5.82 Å². The lowest BCUT2D eigenvalue weighted by Gasteiger charge is -2.15. The number of methoxy groups -OCH3 is 1. The molecule has 0 radical (unpaired) electrons. The number of hydrogen-bond acceptors (Lipinski definition) is 6. The van der Waals surface area contributed by atoms with E-state index in [0.717, 1.165) is 12.8 Å². The fourth-order valence-corrected chi connectivity index (χ4v) is 4.47. The Bertz CT molecular complexity index is 1090. The molecule has 152 valence electrons. The van der Waals surface area contributed by atoms with E-state index in [1.54, 1.807) is 18.2 Å². The summed E-state index contributed by atoms with van der Waals surface area (Å²) in [7, 11) is -2.33. The molecule has 1 fully saturated rings. The molecule has 0 unspecified atom stereocenters. The molecular weight excluding hydrogens is 390 g/mol. The second-order valence-electron chi connectivity index (χ2n) is 7.11. The third-order valence-electron chi connectivity index (χ3n) is 5.07. The fourth-order valence-electron chi connectivity index (χ4n) is 3.47. The number of rotatable bonds is 7. The summed E-state index contributed by atoms with van der Waals surface area (Å²) in [5, 5.41) is 0. The highest BCUT2D eigenvalue weighted by Gasteiger charge is 2.22. The highest BCUT2D eigenvalue weighted by Crippen LogP contribution is 2.29. The van der Waals surface area contributed by atoms with E-state index in [1.165, 1.54) is 32.1 Å². The molecule has 3 aromatic rings. The van der Waals surface area contributed by atoms with Gasteiger partial charge in [0.2, 0.25) is 5.82 Å². The van der Waals surface area contributed by atoms with Gasteiger partial charge in [0.25, 0.3) is 15.9 Å². The first-order valence-corrected chi connectivity index (χ1v) is 11.1. The topological polar surface area (TPSA) is 90.4 Å². The lowest BCUT2D eigenvalue weighted by molar-refractivity contribution is 0.245. The zero-order valence-electron chi connectivity index (χ0n) is 16.2. The van der Waals surface area contributed by atoms with Crippen LogP contribution in [0.3, 0.4) is 0 Å². The molecular formula is C21H23N3O4S. The number of hydrogen-bond donors (Lipinski definition) is 1. The largest absolute Gasteiger partial charge is 0.497 e. The number of fused-ring (bicyclic) bond motifs is 1. The minimum atomic E-state index is -3.85. The number of anilines is 1. The maximum atomic E-state index is 12.9. The van der Waals surface area contributed by atoms with Gasteiger partial charge >= 0.3 is 0 Å². The Balaban J connectivity index is 1.65. The average Bonchev–Trinajstić information content (AvgIpc) is 3.25. The Morgan fingerprint density at radius 2 is 1.66 bits per heavy atom. The molecule has 0 amide bonds. The summed E-state index contributed by atoms with van der Waals surface area (Å²) in [6.45, 7) is 0.504. The number of nitrogens with zero attached hydrogens (tertiary/aromatic N) is 2. The van der Waals surface area contributed by atoms with Crippen LogP contribution in [0.15, 0.2) is 53.4 Å². The monoisotopic (exact) mass is 413 g/mol. The van der Waals surface area contributed by atoms with Crippen molar-refractivity contribution in [2.24, 2.45) is 5.92 Å². The van der Waals surface area contributed by atoms with E-state index in [2.05, 4.69) is 14.7 Å². The summed E-state index contributed by atoms with van der Waals surface area (Å²) in [6, 6.07) is 13.5. The highest BCUT2D eigenvalue weighted by molar-refractivity contribution is 7.92. The first-order valence-electron chi connectivity index (χ1n) is 9.61. The third-order valence-corrected chi connectivity index (χ3v) is 6.42. The van der Waals surface area contributed by atoms with Gasteiger partial charge in [-0.25, -0.2) is 18.4 Å². The molecule has 1 aliphatic rings. The van der Waals surface area contributed by atoms with Crippen LogP contribution in [0, 0.1) is 5.92 Å². The molecule has 1 heterocycles. The third kappa shape index (κ3) is 4.42. The molecule has 0 bridgehead atoms. The highest BCUT2D eigenvalue weighted by atomic mass is 32.2. The molecule has 0 spiro atoms. The van der Waals surface area contributed by atoms with E-state index in [4.69, 9.17) is 9.47 Å². The molecule has 29 heavy (non-hydrogen) atoms. The number of ether oxygens (including phenoxy) is 2. The standard InChI is InChI=1S/C21H23N3O4S/c1-27-16-10-12-17(13-11-16)29(25,26)24-20-21(28-14-15-6-2-3-7-15)23-19-9-5-4-8-18(19)22-20/h4-5,8-13,15H,2-3,6-7,14H2,1H3,(H,22,24). The summed E-state index contributed by atoms with van der Waals surface area (Å²) < 4.78 is 39.3. The van der Waals surface area contributed by atoms with Crippen molar-refractivity contribution >= 4 is 26.9 Å². The van der Waals surface area contributed by atoms with E-state index < -0.39 is 10.0 Å². The van der Waals surface area contributed by atoms with Crippen LogP contribution < -0.4 is 14.2 Å². The molecule has 1 aliphatic carbocycles. The summed E-state index contributed by atoms with van der Waals surface area (Å²) >= 11 is 0. The normalized spacial score (nSPS) is 14.8. The van der Waals surface area contributed by atoms with E-state index in [-0.39, 0.29) is 16.6 Å². The molecule has 0 aliphatic heterocycles. The number of nitrogens with one attached hydrogen (secondary N) is 1. The Morgan fingerprint density at radius 1 is 1.00 bits per heavy atom. The Labute approximate surface area is 170 Å². The molecule has 2 aromatic carbocycles. The first kappa shape index (κ1) is 19.4. The van der Waals surface area contributed by atoms with Gasteiger partial charge in [0.15, 0.2) is 0 Å². The van der Waals surface area contributed by atoms with Gasteiger partial charge in [0.05, 0.1) is 29.6 Å². The van der Waals surface area contributed by atoms with Gasteiger partial charge < -0.3 is 9.47 Å². The van der Waals surface area contributed by atoms with E-state index in [1.807, 2.05) is 18.2 Å². The van der Waals surface area contributed by atoms with Gasteiger partial charge in [0.1, 0.15) is 5.75 Å². The second kappa shape index (κ2) is 8.24. The summed E-state index contributed by atoms with van der Waals surface area (Å²) in [4.78, 5) is 9.08. The zero-order valence-corrected chi connectivity index (χ0v) is 17.0. The number of benzene rings is 2. The number of aromatic nitrogens is 2. The van der Waals surface area contributed by atoms with Crippen LogP contribution in [0.1, 0.15) is 25.7 Å². The van der Waals surface area contributed by atoms with Crippen molar-refractivity contribution in [3.8, 4) is 11.6 Å². The van der Waals surface area contributed by atoms with Crippen LogP contribution in [0.2, 0.25) is 0 Å². The molecule has 0 saturated heterocycles. The Morgan fingerprint density at radius 3 is 2.31 bits per heavy atom. The van der Waals surface area contributed by atoms with E-state index >= 15 is 0 Å². The minimum absolute atomic E-state index is 0.0949. The quantitative estimate of drug-likeness (QED) is 0.629. The van der Waals surface area contributed by atoms with Crippen molar-refractivity contribution in [1.82, 2.24) is 9.97 Å². The minimum Gasteiger partial charge on any atom is -0.497 e. The summed E-state index contributed by atoms with van der Waals surface area (Å²) in [6.07, 6.45) is 4.64. The van der Waals surface area contributed by atoms with Crippen molar-refractivity contribution < 1.29 is 17.9 Å². The van der Waals surface area contributed by atoms with Crippen LogP contribution >= 0.6 is 0 Å². The molecule has 7 nitrogen and oxygen atoms in total. The zero-order chi connectivity index (χ0) is 20.3. The molecule has 4 rings (SSSR count). The molecule has 8 heteroatoms. The fraction of sp³-hybridized carbons (Fsp3) is 0.333. The smallest absolute Gasteiger partial charge is 0.263 e. The van der Waals surface area contributed by atoms with Gasteiger partial charge in [-0.2, -0.15) is 0 Å². The van der Waals surface area contributed by atoms with Crippen molar-refractivity contribution in [3.63, 3.8) is 0 Å². The van der Waals surface area contributed by atoms with E-state index in [0.29, 0.717) is 29.3 Å². The lowest BCUT2D eigenvalue weighted by Crippen LogP contribution is -2.17. The number of para-hydroxylation sites is 2. The Hall–Kier alpha value is -2.87. The summed E-state index contributed by atoms with van der Waals surface area (Å²) in [5.74, 6) is 1.34. The van der Waals surface area contributed by atoms with Gasteiger partial charge in [-0.1, -0.05) is 25.0 Å². The number of sulfonamides is 1. The first-order chi connectivity index (χ1) is 14.0.